The van der Waals surface area contributed by atoms with Gasteiger partial charge in [-0.1, -0.05) is 0 Å². The first-order chi connectivity index (χ1) is 7.79. The van der Waals surface area contributed by atoms with Gasteiger partial charge in [0.2, 0.25) is 0 Å². The standard InChI is InChI=1S/C9H8BrF3N2O2/c10-7-5-6(15(16)17)1-2-8(7)14-4-3-9(11,12)13/h1-2,5,14H,3-4H2. The van der Waals surface area contributed by atoms with E-state index in [-0.39, 0.29) is 12.2 Å². The minimum Gasteiger partial charge on any atom is -0.384 e. The zero-order chi connectivity index (χ0) is 13.1. The summed E-state index contributed by atoms with van der Waals surface area (Å²) in [6.07, 6.45) is -5.18. The third kappa shape index (κ3) is 4.59. The van der Waals surface area contributed by atoms with E-state index in [0.717, 1.165) is 0 Å². The number of hydrogen-bond donors (Lipinski definition) is 1. The molecular weight excluding hydrogens is 305 g/mol. The van der Waals surface area contributed by atoms with Gasteiger partial charge in [-0.05, 0) is 22.0 Å². The highest BCUT2D eigenvalue weighted by Gasteiger charge is 2.26. The van der Waals surface area contributed by atoms with Gasteiger partial charge < -0.3 is 5.32 Å². The van der Waals surface area contributed by atoms with Crippen molar-refractivity contribution in [3.8, 4) is 0 Å². The van der Waals surface area contributed by atoms with Crippen molar-refractivity contribution in [1.29, 1.82) is 0 Å². The molecule has 0 aromatic heterocycles. The normalized spacial score (nSPS) is 11.3. The second-order valence-corrected chi connectivity index (χ2v) is 4.07. The molecule has 4 nitrogen and oxygen atoms in total. The molecule has 0 bridgehead atoms. The quantitative estimate of drug-likeness (QED) is 0.681. The number of rotatable bonds is 4. The first-order valence-electron chi connectivity index (χ1n) is 4.54. The number of nitrogens with one attached hydrogen (secondary N) is 1. The Labute approximate surface area is 103 Å². The molecule has 0 heterocycles. The fraction of sp³-hybridized carbons (Fsp3) is 0.333. The number of non-ortho nitro benzene ring substituents is 1. The SMILES string of the molecule is O=[N+]([O-])c1ccc(NCCC(F)(F)F)c(Br)c1. The fourth-order valence-corrected chi connectivity index (χ4v) is 1.61. The Morgan fingerprint density at radius 3 is 2.53 bits per heavy atom. The topological polar surface area (TPSA) is 55.2 Å². The molecule has 0 aliphatic carbocycles. The third-order valence-corrected chi connectivity index (χ3v) is 2.54. The van der Waals surface area contributed by atoms with Crippen LogP contribution in [0.2, 0.25) is 0 Å². The second kappa shape index (κ2) is 5.35. The van der Waals surface area contributed by atoms with E-state index in [1.807, 2.05) is 0 Å². The van der Waals surface area contributed by atoms with Gasteiger partial charge in [0.25, 0.3) is 5.69 Å². The number of nitro groups is 1. The number of halogens is 4. The molecule has 0 unspecified atom stereocenters. The monoisotopic (exact) mass is 312 g/mol. The molecule has 0 radical (unpaired) electrons. The molecule has 94 valence electrons. The summed E-state index contributed by atoms with van der Waals surface area (Å²) in [7, 11) is 0. The van der Waals surface area contributed by atoms with Crippen molar-refractivity contribution >= 4 is 27.3 Å². The summed E-state index contributed by atoms with van der Waals surface area (Å²) in [5.74, 6) is 0. The first kappa shape index (κ1) is 13.8. The zero-order valence-electron chi connectivity index (χ0n) is 8.42. The molecule has 1 N–H and O–H groups in total. The predicted octanol–water partition coefficient (Wildman–Crippen LogP) is 3.72. The van der Waals surface area contributed by atoms with Gasteiger partial charge in [-0.15, -0.1) is 0 Å². The van der Waals surface area contributed by atoms with Gasteiger partial charge in [0.1, 0.15) is 0 Å². The van der Waals surface area contributed by atoms with Crippen LogP contribution in [0.25, 0.3) is 0 Å². The van der Waals surface area contributed by atoms with E-state index in [1.54, 1.807) is 0 Å². The fourth-order valence-electron chi connectivity index (χ4n) is 1.10. The number of hydrogen-bond acceptors (Lipinski definition) is 3. The average molecular weight is 313 g/mol. The summed E-state index contributed by atoms with van der Waals surface area (Å²) >= 11 is 3.05. The van der Waals surface area contributed by atoms with Gasteiger partial charge >= 0.3 is 6.18 Å². The number of benzene rings is 1. The van der Waals surface area contributed by atoms with Crippen molar-refractivity contribution in [2.45, 2.75) is 12.6 Å². The van der Waals surface area contributed by atoms with E-state index in [1.165, 1.54) is 18.2 Å². The number of nitro benzene ring substituents is 1. The molecule has 1 aromatic rings. The van der Waals surface area contributed by atoms with Crippen LogP contribution in [0.3, 0.4) is 0 Å². The molecule has 0 saturated carbocycles. The molecule has 1 rings (SSSR count). The van der Waals surface area contributed by atoms with Gasteiger partial charge in [0.15, 0.2) is 0 Å². The third-order valence-electron chi connectivity index (χ3n) is 1.89. The smallest absolute Gasteiger partial charge is 0.384 e. The molecule has 17 heavy (non-hydrogen) atoms. The zero-order valence-corrected chi connectivity index (χ0v) is 10.0. The highest BCUT2D eigenvalue weighted by molar-refractivity contribution is 9.10. The molecule has 1 aromatic carbocycles. The van der Waals surface area contributed by atoms with E-state index < -0.39 is 17.5 Å². The lowest BCUT2D eigenvalue weighted by molar-refractivity contribution is -0.384. The minimum absolute atomic E-state index is 0.127. The molecule has 8 heteroatoms. The Kier molecular flexibility index (Phi) is 4.33. The van der Waals surface area contributed by atoms with Gasteiger partial charge in [0.05, 0.1) is 11.3 Å². The lowest BCUT2D eigenvalue weighted by atomic mass is 10.3. The Morgan fingerprint density at radius 1 is 1.41 bits per heavy atom. The van der Waals surface area contributed by atoms with E-state index in [2.05, 4.69) is 21.2 Å². The highest BCUT2D eigenvalue weighted by Crippen LogP contribution is 2.27. The summed E-state index contributed by atoms with van der Waals surface area (Å²) < 4.78 is 36.0. The maximum absolute atomic E-state index is 11.9. The molecule has 0 amide bonds. The Morgan fingerprint density at radius 2 is 2.06 bits per heavy atom. The average Bonchev–Trinajstić information content (AvgIpc) is 2.18. The minimum atomic E-state index is -4.22. The maximum atomic E-state index is 11.9. The second-order valence-electron chi connectivity index (χ2n) is 3.21. The predicted molar refractivity (Wildman–Crippen MR) is 60.0 cm³/mol. The van der Waals surface area contributed by atoms with Crippen LogP contribution < -0.4 is 5.32 Å². The molecule has 0 atom stereocenters. The highest BCUT2D eigenvalue weighted by atomic mass is 79.9. The number of alkyl halides is 3. The molecule has 0 aliphatic heterocycles. The van der Waals surface area contributed by atoms with Crippen molar-refractivity contribution in [1.82, 2.24) is 0 Å². The van der Waals surface area contributed by atoms with Crippen molar-refractivity contribution in [2.24, 2.45) is 0 Å². The van der Waals surface area contributed by atoms with Gasteiger partial charge in [-0.3, -0.25) is 10.1 Å². The van der Waals surface area contributed by atoms with Crippen LogP contribution in [0.5, 0.6) is 0 Å². The summed E-state index contributed by atoms with van der Waals surface area (Å²) in [6, 6.07) is 3.81. The Balaban J connectivity index is 2.64. The van der Waals surface area contributed by atoms with Gasteiger partial charge in [-0.25, -0.2) is 0 Å². The summed E-state index contributed by atoms with van der Waals surface area (Å²) in [5, 5.41) is 13.0. The van der Waals surface area contributed by atoms with Gasteiger partial charge in [0, 0.05) is 28.8 Å². The molecule has 0 aliphatic rings. The molecule has 0 fully saturated rings. The van der Waals surface area contributed by atoms with Crippen molar-refractivity contribution < 1.29 is 18.1 Å². The van der Waals surface area contributed by atoms with Crippen LogP contribution in [0, 0.1) is 10.1 Å². The van der Waals surface area contributed by atoms with Crippen LogP contribution >= 0.6 is 15.9 Å². The van der Waals surface area contributed by atoms with E-state index in [4.69, 9.17) is 0 Å². The van der Waals surface area contributed by atoms with E-state index in [0.29, 0.717) is 10.2 Å². The lowest BCUT2D eigenvalue weighted by Crippen LogP contribution is -2.14. The molecular formula is C9H8BrF3N2O2. The summed E-state index contributed by atoms with van der Waals surface area (Å²) in [6.45, 7) is -0.278. The number of anilines is 1. The van der Waals surface area contributed by atoms with Crippen LogP contribution in [0.4, 0.5) is 24.5 Å². The van der Waals surface area contributed by atoms with E-state index >= 15 is 0 Å². The van der Waals surface area contributed by atoms with Gasteiger partial charge in [-0.2, -0.15) is 13.2 Å². The summed E-state index contributed by atoms with van der Waals surface area (Å²) in [5.41, 5.74) is 0.262. The lowest BCUT2D eigenvalue weighted by Gasteiger charge is -2.10. The van der Waals surface area contributed by atoms with Crippen molar-refractivity contribution in [3.63, 3.8) is 0 Å². The van der Waals surface area contributed by atoms with Crippen LogP contribution in [0.15, 0.2) is 22.7 Å². The molecule has 0 spiro atoms. The Bertz CT molecular complexity index is 423. The van der Waals surface area contributed by atoms with E-state index in [9.17, 15) is 23.3 Å². The number of nitrogens with zero attached hydrogens (tertiary/aromatic N) is 1. The maximum Gasteiger partial charge on any atom is 0.390 e. The van der Waals surface area contributed by atoms with Crippen LogP contribution in [0.1, 0.15) is 6.42 Å². The van der Waals surface area contributed by atoms with Crippen LogP contribution in [-0.4, -0.2) is 17.6 Å². The van der Waals surface area contributed by atoms with Crippen molar-refractivity contribution in [2.75, 3.05) is 11.9 Å². The summed E-state index contributed by atoms with van der Waals surface area (Å²) in [4.78, 5) is 9.85. The van der Waals surface area contributed by atoms with Crippen LogP contribution in [-0.2, 0) is 0 Å². The van der Waals surface area contributed by atoms with Crippen molar-refractivity contribution in [3.05, 3.63) is 32.8 Å². The largest absolute Gasteiger partial charge is 0.390 e. The first-order valence-corrected chi connectivity index (χ1v) is 5.33. The molecule has 0 saturated heterocycles. The Hall–Kier alpha value is -1.31.